The number of alkyl carbamates (subject to hydrolysis) is 1. The van der Waals surface area contributed by atoms with Crippen LogP contribution in [-0.2, 0) is 16.0 Å². The third-order valence-corrected chi connectivity index (χ3v) is 4.16. The molecule has 160 valence electrons. The predicted molar refractivity (Wildman–Crippen MR) is 119 cm³/mol. The molecule has 6 nitrogen and oxygen atoms in total. The van der Waals surface area contributed by atoms with Crippen LogP contribution in [0.1, 0.15) is 26.3 Å². The van der Waals surface area contributed by atoms with E-state index >= 15 is 0 Å². The molecule has 1 atom stereocenters. The van der Waals surface area contributed by atoms with Crippen LogP contribution in [0.3, 0.4) is 0 Å². The highest BCUT2D eigenvalue weighted by molar-refractivity contribution is 6.18. The van der Waals surface area contributed by atoms with Gasteiger partial charge in [0.1, 0.15) is 11.6 Å². The quantitative estimate of drug-likeness (QED) is 0.432. The third-order valence-electron chi connectivity index (χ3n) is 3.82. The van der Waals surface area contributed by atoms with Crippen LogP contribution in [0.4, 0.5) is 10.5 Å². The number of amides is 2. The molecule has 0 aliphatic carbocycles. The van der Waals surface area contributed by atoms with Gasteiger partial charge < -0.3 is 20.3 Å². The molecule has 0 aliphatic rings. The Morgan fingerprint density at radius 2 is 1.76 bits per heavy atom. The Hall–Kier alpha value is -2.10. The summed E-state index contributed by atoms with van der Waals surface area (Å²) in [5.41, 5.74) is 1.20. The van der Waals surface area contributed by atoms with Crippen LogP contribution < -0.4 is 15.5 Å². The Kier molecular flexibility index (Phi) is 10.7. The number of anilines is 1. The van der Waals surface area contributed by atoms with Crippen molar-refractivity contribution in [2.45, 2.75) is 38.8 Å². The predicted octanol–water partition coefficient (Wildman–Crippen LogP) is 3.16. The number of benzene rings is 1. The molecule has 0 fully saturated rings. The maximum Gasteiger partial charge on any atom is 0.408 e. The zero-order chi connectivity index (χ0) is 21.9. The van der Waals surface area contributed by atoms with E-state index in [1.807, 2.05) is 24.3 Å². The van der Waals surface area contributed by atoms with Gasteiger partial charge in [0.15, 0.2) is 0 Å². The fraction of sp³-hybridized carbons (Fsp3) is 0.524. The van der Waals surface area contributed by atoms with Crippen LogP contribution in [0.25, 0.3) is 0 Å². The van der Waals surface area contributed by atoms with Crippen LogP contribution in [-0.4, -0.2) is 55.0 Å². The molecule has 1 unspecified atom stereocenters. The summed E-state index contributed by atoms with van der Waals surface area (Å²) in [4.78, 5) is 26.7. The average Bonchev–Trinajstić information content (AvgIpc) is 2.64. The molecule has 0 radical (unpaired) electrons. The summed E-state index contributed by atoms with van der Waals surface area (Å²) < 4.78 is 5.26. The van der Waals surface area contributed by atoms with Gasteiger partial charge in [-0.3, -0.25) is 4.79 Å². The van der Waals surface area contributed by atoms with E-state index in [-0.39, 0.29) is 12.5 Å². The number of hydrogen-bond acceptors (Lipinski definition) is 4. The molecule has 0 saturated carbocycles. The van der Waals surface area contributed by atoms with Crippen molar-refractivity contribution < 1.29 is 14.3 Å². The van der Waals surface area contributed by atoms with Crippen molar-refractivity contribution >= 4 is 40.9 Å². The Bertz CT molecular complexity index is 691. The second-order valence-corrected chi connectivity index (χ2v) is 8.11. The van der Waals surface area contributed by atoms with E-state index in [9.17, 15) is 9.59 Å². The highest BCUT2D eigenvalue weighted by atomic mass is 35.5. The standard InChI is InChI=1S/C21H29Cl2N3O3/c1-5-12-24-19(27)18(25-20(28)29-21(2,3)4)15-16-6-8-17(9-7-16)26(13-10-22)14-11-23/h1,6-9,18H,10-15H2,2-4H3,(H,24,27)(H,25,28). The number of carbonyl (C=O) groups is 2. The highest BCUT2D eigenvalue weighted by Crippen LogP contribution is 2.17. The maximum atomic E-state index is 12.4. The molecular formula is C21H29Cl2N3O3. The Labute approximate surface area is 183 Å². The van der Waals surface area contributed by atoms with Crippen molar-refractivity contribution in [3.63, 3.8) is 0 Å². The molecule has 2 N–H and O–H groups in total. The smallest absolute Gasteiger partial charge is 0.408 e. The lowest BCUT2D eigenvalue weighted by molar-refractivity contribution is -0.122. The van der Waals surface area contributed by atoms with Crippen molar-refractivity contribution in [2.75, 3.05) is 36.3 Å². The van der Waals surface area contributed by atoms with Crippen LogP contribution in [0.2, 0.25) is 0 Å². The van der Waals surface area contributed by atoms with Gasteiger partial charge >= 0.3 is 6.09 Å². The van der Waals surface area contributed by atoms with Gasteiger partial charge in [-0.15, -0.1) is 29.6 Å². The lowest BCUT2D eigenvalue weighted by Gasteiger charge is -2.24. The SMILES string of the molecule is C#CCNC(=O)C(Cc1ccc(N(CCCl)CCCl)cc1)NC(=O)OC(C)(C)C. The van der Waals surface area contributed by atoms with E-state index < -0.39 is 17.7 Å². The second kappa shape index (κ2) is 12.5. The van der Waals surface area contributed by atoms with E-state index in [2.05, 4.69) is 21.5 Å². The monoisotopic (exact) mass is 441 g/mol. The van der Waals surface area contributed by atoms with Crippen molar-refractivity contribution in [1.82, 2.24) is 10.6 Å². The number of rotatable bonds is 10. The molecule has 29 heavy (non-hydrogen) atoms. The fourth-order valence-corrected chi connectivity index (χ4v) is 2.98. The molecule has 1 rings (SSSR count). The largest absolute Gasteiger partial charge is 0.444 e. The van der Waals surface area contributed by atoms with Gasteiger partial charge in [0.05, 0.1) is 6.54 Å². The van der Waals surface area contributed by atoms with Crippen LogP contribution >= 0.6 is 23.2 Å². The number of halogens is 2. The number of nitrogens with zero attached hydrogens (tertiary/aromatic N) is 1. The number of alkyl halides is 2. The van der Waals surface area contributed by atoms with Crippen LogP contribution in [0.15, 0.2) is 24.3 Å². The van der Waals surface area contributed by atoms with Crippen LogP contribution in [0, 0.1) is 12.3 Å². The molecule has 0 heterocycles. The van der Waals surface area contributed by atoms with Crippen molar-refractivity contribution in [3.05, 3.63) is 29.8 Å². The van der Waals surface area contributed by atoms with Crippen molar-refractivity contribution in [2.24, 2.45) is 0 Å². The molecule has 0 aliphatic heterocycles. The number of terminal acetylenes is 1. The molecule has 0 spiro atoms. The zero-order valence-electron chi connectivity index (χ0n) is 17.1. The zero-order valence-corrected chi connectivity index (χ0v) is 18.6. The number of nitrogens with one attached hydrogen (secondary N) is 2. The van der Waals surface area contributed by atoms with Gasteiger partial charge in [0.25, 0.3) is 0 Å². The molecule has 2 amide bonds. The van der Waals surface area contributed by atoms with E-state index in [0.717, 1.165) is 11.3 Å². The summed E-state index contributed by atoms with van der Waals surface area (Å²) in [6, 6.07) is 6.88. The molecule has 0 bridgehead atoms. The first-order chi connectivity index (χ1) is 13.7. The van der Waals surface area contributed by atoms with E-state index in [0.29, 0.717) is 31.3 Å². The normalized spacial score (nSPS) is 11.9. The van der Waals surface area contributed by atoms with Gasteiger partial charge in [0, 0.05) is 37.0 Å². The van der Waals surface area contributed by atoms with E-state index in [1.165, 1.54) is 0 Å². The molecule has 1 aromatic carbocycles. The van der Waals surface area contributed by atoms with Crippen molar-refractivity contribution in [1.29, 1.82) is 0 Å². The topological polar surface area (TPSA) is 70.7 Å². The van der Waals surface area contributed by atoms with Gasteiger partial charge in [-0.1, -0.05) is 18.1 Å². The fourth-order valence-electron chi connectivity index (χ4n) is 2.57. The van der Waals surface area contributed by atoms with Gasteiger partial charge in [-0.25, -0.2) is 4.79 Å². The molecular weight excluding hydrogens is 413 g/mol. The molecule has 0 aromatic heterocycles. The number of carbonyl (C=O) groups excluding carboxylic acids is 2. The third kappa shape index (κ3) is 9.78. The van der Waals surface area contributed by atoms with Gasteiger partial charge in [0.2, 0.25) is 5.91 Å². The van der Waals surface area contributed by atoms with Gasteiger partial charge in [-0.05, 0) is 38.5 Å². The summed E-state index contributed by atoms with van der Waals surface area (Å²) >= 11 is 11.7. The van der Waals surface area contributed by atoms with E-state index in [1.54, 1.807) is 20.8 Å². The minimum atomic E-state index is -0.814. The summed E-state index contributed by atoms with van der Waals surface area (Å²) in [7, 11) is 0. The lowest BCUT2D eigenvalue weighted by atomic mass is 10.0. The summed E-state index contributed by atoms with van der Waals surface area (Å²) in [5, 5.41) is 5.22. The first-order valence-electron chi connectivity index (χ1n) is 9.36. The minimum absolute atomic E-state index is 0.0794. The summed E-state index contributed by atoms with van der Waals surface area (Å²) in [6.45, 7) is 6.72. The van der Waals surface area contributed by atoms with Crippen LogP contribution in [0.5, 0.6) is 0 Å². The molecule has 8 heteroatoms. The second-order valence-electron chi connectivity index (χ2n) is 7.36. The Morgan fingerprint density at radius 3 is 2.24 bits per heavy atom. The van der Waals surface area contributed by atoms with E-state index in [4.69, 9.17) is 34.4 Å². The summed E-state index contributed by atoms with van der Waals surface area (Å²) in [5.74, 6) is 2.97. The summed E-state index contributed by atoms with van der Waals surface area (Å²) in [6.07, 6.45) is 4.84. The maximum absolute atomic E-state index is 12.4. The lowest BCUT2D eigenvalue weighted by Crippen LogP contribution is -2.49. The first-order valence-corrected chi connectivity index (χ1v) is 10.4. The van der Waals surface area contributed by atoms with Gasteiger partial charge in [-0.2, -0.15) is 0 Å². The molecule has 1 aromatic rings. The number of hydrogen-bond donors (Lipinski definition) is 2. The number of ether oxygens (including phenoxy) is 1. The molecule has 0 saturated heterocycles. The first kappa shape index (κ1) is 24.9. The minimum Gasteiger partial charge on any atom is -0.444 e. The Balaban J connectivity index is 2.90. The van der Waals surface area contributed by atoms with Crippen molar-refractivity contribution in [3.8, 4) is 12.3 Å². The average molecular weight is 442 g/mol. The highest BCUT2D eigenvalue weighted by Gasteiger charge is 2.24. The Morgan fingerprint density at radius 1 is 1.17 bits per heavy atom.